The zero-order valence-corrected chi connectivity index (χ0v) is 14.7. The third kappa shape index (κ3) is 2.62. The monoisotopic (exact) mass is 367 g/mol. The number of rotatable bonds is 4. The van der Waals surface area contributed by atoms with Crippen LogP contribution in [0.1, 0.15) is 25.2 Å². The Morgan fingerprint density at radius 2 is 2.00 bits per heavy atom. The van der Waals surface area contributed by atoms with Gasteiger partial charge in [-0.1, -0.05) is 13.0 Å². The predicted molar refractivity (Wildman–Crippen MR) is 94.4 cm³/mol. The minimum atomic E-state index is -0.299. The first-order valence-electron chi connectivity index (χ1n) is 8.29. The summed E-state index contributed by atoms with van der Waals surface area (Å²) in [5, 5.41) is 14.8. The van der Waals surface area contributed by atoms with E-state index in [0.29, 0.717) is 41.0 Å². The van der Waals surface area contributed by atoms with Crippen LogP contribution in [0.2, 0.25) is 0 Å². The molecule has 0 amide bonds. The number of nitrogens with zero attached hydrogens (tertiary/aromatic N) is 5. The van der Waals surface area contributed by atoms with Crippen molar-refractivity contribution in [3.8, 4) is 28.1 Å². The summed E-state index contributed by atoms with van der Waals surface area (Å²) in [5.41, 5.74) is 0.712. The fraction of sp³-hybridized carbons (Fsp3) is 0.222. The highest BCUT2D eigenvalue weighted by Gasteiger charge is 2.39. The van der Waals surface area contributed by atoms with Crippen molar-refractivity contribution in [2.45, 2.75) is 19.3 Å². The molecule has 0 N–H and O–H groups in total. The maximum atomic E-state index is 13.3. The zero-order chi connectivity index (χ0) is 17.7. The molecule has 1 fully saturated rings. The maximum absolute atomic E-state index is 13.3. The van der Waals surface area contributed by atoms with Crippen molar-refractivity contribution < 1.29 is 8.81 Å². The van der Waals surface area contributed by atoms with Crippen molar-refractivity contribution >= 4 is 11.3 Å². The highest BCUT2D eigenvalue weighted by Crippen LogP contribution is 2.46. The first-order valence-corrected chi connectivity index (χ1v) is 9.17. The molecule has 0 spiro atoms. The molecule has 6 nitrogen and oxygen atoms in total. The zero-order valence-electron chi connectivity index (χ0n) is 13.8. The van der Waals surface area contributed by atoms with Gasteiger partial charge in [-0.25, -0.2) is 14.1 Å². The van der Waals surface area contributed by atoms with Crippen LogP contribution in [0, 0.1) is 11.7 Å². The quantitative estimate of drug-likeness (QED) is 0.538. The molecule has 2 atom stereocenters. The van der Waals surface area contributed by atoms with E-state index in [0.717, 1.165) is 11.3 Å². The summed E-state index contributed by atoms with van der Waals surface area (Å²) in [6.07, 6.45) is 1.07. The number of thiophene rings is 1. The van der Waals surface area contributed by atoms with Crippen LogP contribution in [-0.4, -0.2) is 25.0 Å². The van der Waals surface area contributed by atoms with Crippen molar-refractivity contribution in [2.24, 2.45) is 5.92 Å². The highest BCUT2D eigenvalue weighted by molar-refractivity contribution is 7.13. The second kappa shape index (κ2) is 5.84. The summed E-state index contributed by atoms with van der Waals surface area (Å²) in [6, 6.07) is 10.0. The van der Waals surface area contributed by atoms with Gasteiger partial charge in [0.05, 0.1) is 10.6 Å². The molecular weight excluding hydrogens is 353 g/mol. The molecule has 3 heterocycles. The van der Waals surface area contributed by atoms with Gasteiger partial charge in [0.1, 0.15) is 5.82 Å². The maximum Gasteiger partial charge on any atom is 0.287 e. The lowest BCUT2D eigenvalue weighted by atomic mass is 10.3. The molecule has 2 unspecified atom stereocenters. The Hall–Kier alpha value is -2.87. The van der Waals surface area contributed by atoms with Gasteiger partial charge >= 0.3 is 0 Å². The molecule has 5 rings (SSSR count). The van der Waals surface area contributed by atoms with E-state index >= 15 is 0 Å². The van der Waals surface area contributed by atoms with Gasteiger partial charge in [-0.2, -0.15) is 0 Å². The Morgan fingerprint density at radius 3 is 2.69 bits per heavy atom. The summed E-state index contributed by atoms with van der Waals surface area (Å²) in [4.78, 5) is 5.55. The SMILES string of the molecule is CC1CC1c1nnc(-c2nc(-c3cccs3)n(-c3ccc(F)cc3)n2)o1. The molecule has 130 valence electrons. The Kier molecular flexibility index (Phi) is 3.46. The number of benzene rings is 1. The molecule has 4 aromatic rings. The summed E-state index contributed by atoms with van der Waals surface area (Å²) >= 11 is 1.55. The molecule has 0 saturated heterocycles. The van der Waals surface area contributed by atoms with E-state index in [2.05, 4.69) is 27.2 Å². The van der Waals surface area contributed by atoms with Crippen LogP contribution in [-0.2, 0) is 0 Å². The van der Waals surface area contributed by atoms with Crippen molar-refractivity contribution in [3.05, 3.63) is 53.5 Å². The van der Waals surface area contributed by atoms with Crippen molar-refractivity contribution in [1.82, 2.24) is 25.0 Å². The first kappa shape index (κ1) is 15.4. The lowest BCUT2D eigenvalue weighted by Crippen LogP contribution is -1.99. The van der Waals surface area contributed by atoms with Crippen LogP contribution in [0.4, 0.5) is 4.39 Å². The number of hydrogen-bond acceptors (Lipinski definition) is 6. The summed E-state index contributed by atoms with van der Waals surface area (Å²) < 4.78 is 20.7. The van der Waals surface area contributed by atoms with Gasteiger partial charge in [-0.05, 0) is 48.1 Å². The van der Waals surface area contributed by atoms with Gasteiger partial charge in [0, 0.05) is 5.92 Å². The van der Waals surface area contributed by atoms with E-state index in [1.54, 1.807) is 28.2 Å². The number of hydrogen-bond donors (Lipinski definition) is 0. The van der Waals surface area contributed by atoms with E-state index in [9.17, 15) is 4.39 Å². The van der Waals surface area contributed by atoms with Crippen LogP contribution in [0.15, 0.2) is 46.2 Å². The average molecular weight is 367 g/mol. The van der Waals surface area contributed by atoms with Crippen LogP contribution in [0.5, 0.6) is 0 Å². The van der Waals surface area contributed by atoms with Gasteiger partial charge in [-0.3, -0.25) is 0 Å². The van der Waals surface area contributed by atoms with Crippen molar-refractivity contribution in [1.29, 1.82) is 0 Å². The van der Waals surface area contributed by atoms with Crippen LogP contribution >= 0.6 is 11.3 Å². The largest absolute Gasteiger partial charge is 0.418 e. The van der Waals surface area contributed by atoms with E-state index in [1.165, 1.54) is 12.1 Å². The molecule has 3 aromatic heterocycles. The van der Waals surface area contributed by atoms with E-state index in [4.69, 9.17) is 4.42 Å². The Balaban J connectivity index is 1.60. The summed E-state index contributed by atoms with van der Waals surface area (Å²) in [5.74, 6) is 2.58. The molecule has 0 radical (unpaired) electrons. The molecule has 1 aliphatic rings. The first-order chi connectivity index (χ1) is 12.7. The van der Waals surface area contributed by atoms with Crippen LogP contribution in [0.3, 0.4) is 0 Å². The Morgan fingerprint density at radius 1 is 1.19 bits per heavy atom. The Bertz CT molecular complexity index is 1050. The Labute approximate surface area is 152 Å². The molecule has 26 heavy (non-hydrogen) atoms. The normalized spacial score (nSPS) is 19.0. The fourth-order valence-corrected chi connectivity index (χ4v) is 3.57. The van der Waals surface area contributed by atoms with Gasteiger partial charge in [0.15, 0.2) is 5.82 Å². The minimum Gasteiger partial charge on any atom is -0.418 e. The topological polar surface area (TPSA) is 69.6 Å². The second-order valence-electron chi connectivity index (χ2n) is 6.39. The van der Waals surface area contributed by atoms with E-state index < -0.39 is 0 Å². The summed E-state index contributed by atoms with van der Waals surface area (Å²) in [6.45, 7) is 2.16. The lowest BCUT2D eigenvalue weighted by molar-refractivity contribution is 0.498. The molecular formula is C18H14FN5OS. The number of aromatic nitrogens is 5. The highest BCUT2D eigenvalue weighted by atomic mass is 32.1. The summed E-state index contributed by atoms with van der Waals surface area (Å²) in [7, 11) is 0. The van der Waals surface area contributed by atoms with E-state index in [-0.39, 0.29) is 5.82 Å². The fourth-order valence-electron chi connectivity index (χ4n) is 2.87. The minimum absolute atomic E-state index is 0.299. The van der Waals surface area contributed by atoms with Crippen LogP contribution < -0.4 is 0 Å². The molecule has 1 aliphatic carbocycles. The average Bonchev–Trinajstić information content (AvgIpc) is 3.15. The molecule has 0 aliphatic heterocycles. The van der Waals surface area contributed by atoms with Crippen molar-refractivity contribution in [2.75, 3.05) is 0 Å². The van der Waals surface area contributed by atoms with E-state index in [1.807, 2.05) is 17.5 Å². The third-order valence-corrected chi connectivity index (χ3v) is 5.34. The van der Waals surface area contributed by atoms with Gasteiger partial charge in [0.25, 0.3) is 5.89 Å². The van der Waals surface area contributed by atoms with Gasteiger partial charge in [0.2, 0.25) is 11.7 Å². The standard InChI is InChI=1S/C18H14FN5OS/c1-10-9-13(10)17-21-22-18(25-17)15-20-16(14-3-2-8-26-14)24(23-15)12-6-4-11(19)5-7-12/h2-8,10,13H,9H2,1H3. The van der Waals surface area contributed by atoms with Gasteiger partial charge in [-0.15, -0.1) is 26.6 Å². The van der Waals surface area contributed by atoms with Crippen LogP contribution in [0.25, 0.3) is 28.1 Å². The molecule has 1 saturated carbocycles. The number of halogens is 1. The molecule has 8 heteroatoms. The lowest BCUT2D eigenvalue weighted by Gasteiger charge is -2.03. The predicted octanol–water partition coefficient (Wildman–Crippen LogP) is 4.31. The van der Waals surface area contributed by atoms with Gasteiger partial charge < -0.3 is 4.42 Å². The molecule has 1 aromatic carbocycles. The second-order valence-corrected chi connectivity index (χ2v) is 7.34. The van der Waals surface area contributed by atoms with Crippen molar-refractivity contribution in [3.63, 3.8) is 0 Å². The third-order valence-electron chi connectivity index (χ3n) is 4.48. The smallest absolute Gasteiger partial charge is 0.287 e. The molecule has 0 bridgehead atoms.